The fourth-order valence-corrected chi connectivity index (χ4v) is 1.98. The summed E-state index contributed by atoms with van der Waals surface area (Å²) < 4.78 is 5.33. The van der Waals surface area contributed by atoms with Crippen LogP contribution in [0.2, 0.25) is 0 Å². The van der Waals surface area contributed by atoms with Crippen molar-refractivity contribution in [2.75, 3.05) is 5.32 Å². The predicted molar refractivity (Wildman–Crippen MR) is 79.0 cm³/mol. The molecule has 0 fully saturated rings. The van der Waals surface area contributed by atoms with E-state index in [2.05, 4.69) is 10.6 Å². The number of aryl methyl sites for hydroxylation is 2. The third-order valence-electron chi connectivity index (χ3n) is 2.96. The van der Waals surface area contributed by atoms with E-state index in [1.54, 1.807) is 44.2 Å². The summed E-state index contributed by atoms with van der Waals surface area (Å²) in [5, 5.41) is 5.29. The molecule has 0 unspecified atom stereocenters. The van der Waals surface area contributed by atoms with Crippen LogP contribution < -0.4 is 16.4 Å². The monoisotopic (exact) mass is 287 g/mol. The fraction of sp³-hybridized carbons (Fsp3) is 0.200. The maximum absolute atomic E-state index is 12.0. The molecule has 0 aliphatic carbocycles. The van der Waals surface area contributed by atoms with Gasteiger partial charge in [0.25, 0.3) is 5.91 Å². The van der Waals surface area contributed by atoms with Gasteiger partial charge < -0.3 is 20.8 Å². The average molecular weight is 287 g/mol. The smallest absolute Gasteiger partial charge is 0.316 e. The molecule has 6 heteroatoms. The number of amides is 3. The van der Waals surface area contributed by atoms with Gasteiger partial charge in [0.2, 0.25) is 0 Å². The number of carbonyl (C=O) groups is 2. The fourth-order valence-electron chi connectivity index (χ4n) is 1.98. The molecule has 110 valence electrons. The van der Waals surface area contributed by atoms with Gasteiger partial charge in [0.05, 0.1) is 5.56 Å². The van der Waals surface area contributed by atoms with Crippen molar-refractivity contribution in [2.45, 2.75) is 20.4 Å². The van der Waals surface area contributed by atoms with Crippen LogP contribution in [0, 0.1) is 13.8 Å². The molecule has 2 rings (SSSR count). The normalized spacial score (nSPS) is 10.2. The number of urea groups is 1. The Labute approximate surface area is 122 Å². The molecule has 0 bridgehead atoms. The lowest BCUT2D eigenvalue weighted by Crippen LogP contribution is -2.23. The average Bonchev–Trinajstić information content (AvgIpc) is 2.76. The van der Waals surface area contributed by atoms with E-state index in [0.29, 0.717) is 29.3 Å². The van der Waals surface area contributed by atoms with Crippen LogP contribution in [0.15, 0.2) is 34.7 Å². The van der Waals surface area contributed by atoms with Gasteiger partial charge in [-0.3, -0.25) is 4.79 Å². The number of furan rings is 1. The van der Waals surface area contributed by atoms with Gasteiger partial charge >= 0.3 is 6.03 Å². The number of nitrogens with two attached hydrogens (primary N) is 1. The number of nitrogens with one attached hydrogen (secondary N) is 2. The van der Waals surface area contributed by atoms with Crippen LogP contribution in [0.5, 0.6) is 0 Å². The van der Waals surface area contributed by atoms with Gasteiger partial charge in [0, 0.05) is 12.2 Å². The van der Waals surface area contributed by atoms with Crippen molar-refractivity contribution in [1.29, 1.82) is 0 Å². The van der Waals surface area contributed by atoms with Crippen molar-refractivity contribution >= 4 is 17.6 Å². The molecule has 6 nitrogen and oxygen atoms in total. The first kappa shape index (κ1) is 14.6. The molecule has 21 heavy (non-hydrogen) atoms. The highest BCUT2D eigenvalue weighted by molar-refractivity contribution is 5.95. The molecule has 0 aliphatic rings. The standard InChI is InChI=1S/C15H17N3O3/c1-9-7-13(10(2)21-9)14(19)17-8-11-3-5-12(6-4-11)18-15(16)20/h3-7H,8H2,1-2H3,(H,17,19)(H3,16,18,20). The summed E-state index contributed by atoms with van der Waals surface area (Å²) >= 11 is 0. The predicted octanol–water partition coefficient (Wildman–Crippen LogP) is 2.32. The van der Waals surface area contributed by atoms with Crippen LogP contribution in [0.1, 0.15) is 27.4 Å². The van der Waals surface area contributed by atoms with E-state index < -0.39 is 6.03 Å². The summed E-state index contributed by atoms with van der Waals surface area (Å²) in [6, 6.07) is 8.16. The quantitative estimate of drug-likeness (QED) is 0.804. The van der Waals surface area contributed by atoms with Crippen LogP contribution in [0.25, 0.3) is 0 Å². The van der Waals surface area contributed by atoms with E-state index in [1.165, 1.54) is 0 Å². The number of primary amides is 1. The summed E-state index contributed by atoms with van der Waals surface area (Å²) in [4.78, 5) is 22.7. The maximum Gasteiger partial charge on any atom is 0.316 e. The summed E-state index contributed by atoms with van der Waals surface area (Å²) in [5.41, 5.74) is 7.09. The van der Waals surface area contributed by atoms with E-state index in [4.69, 9.17) is 10.2 Å². The second kappa shape index (κ2) is 6.13. The second-order valence-corrected chi connectivity index (χ2v) is 4.70. The molecule has 0 atom stereocenters. The summed E-state index contributed by atoms with van der Waals surface area (Å²) in [7, 11) is 0. The first-order valence-corrected chi connectivity index (χ1v) is 6.46. The third-order valence-corrected chi connectivity index (χ3v) is 2.96. The summed E-state index contributed by atoms with van der Waals surface area (Å²) in [6.45, 7) is 3.94. The van der Waals surface area contributed by atoms with Gasteiger partial charge in [-0.05, 0) is 37.6 Å². The zero-order valence-corrected chi connectivity index (χ0v) is 11.9. The maximum atomic E-state index is 12.0. The van der Waals surface area contributed by atoms with Crippen molar-refractivity contribution in [3.63, 3.8) is 0 Å². The number of hydrogen-bond acceptors (Lipinski definition) is 3. The Bertz CT molecular complexity index is 659. The Kier molecular flexibility index (Phi) is 4.27. The van der Waals surface area contributed by atoms with Crippen molar-refractivity contribution < 1.29 is 14.0 Å². The molecule has 1 aromatic heterocycles. The number of hydrogen-bond donors (Lipinski definition) is 3. The topological polar surface area (TPSA) is 97.4 Å². The lowest BCUT2D eigenvalue weighted by molar-refractivity contribution is 0.0949. The molecule has 0 spiro atoms. The highest BCUT2D eigenvalue weighted by Crippen LogP contribution is 2.14. The molecular formula is C15H17N3O3. The molecule has 1 heterocycles. The van der Waals surface area contributed by atoms with Crippen LogP contribution in [-0.4, -0.2) is 11.9 Å². The first-order valence-electron chi connectivity index (χ1n) is 6.46. The van der Waals surface area contributed by atoms with Gasteiger partial charge in [-0.1, -0.05) is 12.1 Å². The molecule has 0 saturated heterocycles. The highest BCUT2D eigenvalue weighted by atomic mass is 16.3. The van der Waals surface area contributed by atoms with E-state index in [1.807, 2.05) is 0 Å². The number of rotatable bonds is 4. The molecule has 0 aliphatic heterocycles. The van der Waals surface area contributed by atoms with Gasteiger partial charge in [-0.2, -0.15) is 0 Å². The Balaban J connectivity index is 1.95. The van der Waals surface area contributed by atoms with Crippen molar-refractivity contribution in [2.24, 2.45) is 5.73 Å². The largest absolute Gasteiger partial charge is 0.466 e. The minimum absolute atomic E-state index is 0.177. The first-order chi connectivity index (χ1) is 9.95. The van der Waals surface area contributed by atoms with Gasteiger partial charge in [-0.25, -0.2) is 4.79 Å². The zero-order chi connectivity index (χ0) is 15.4. The van der Waals surface area contributed by atoms with Crippen LogP contribution >= 0.6 is 0 Å². The lowest BCUT2D eigenvalue weighted by atomic mass is 10.2. The third kappa shape index (κ3) is 3.85. The Morgan fingerprint density at radius 3 is 2.38 bits per heavy atom. The molecule has 0 radical (unpaired) electrons. The molecule has 1 aromatic carbocycles. The summed E-state index contributed by atoms with van der Waals surface area (Å²) in [5.74, 6) is 1.13. The van der Waals surface area contributed by atoms with E-state index in [0.717, 1.165) is 5.56 Å². The van der Waals surface area contributed by atoms with Gasteiger partial charge in [-0.15, -0.1) is 0 Å². The van der Waals surface area contributed by atoms with Crippen molar-refractivity contribution in [1.82, 2.24) is 5.32 Å². The van der Waals surface area contributed by atoms with Crippen molar-refractivity contribution in [3.05, 3.63) is 53.0 Å². The van der Waals surface area contributed by atoms with Gasteiger partial charge in [0.1, 0.15) is 11.5 Å². The lowest BCUT2D eigenvalue weighted by Gasteiger charge is -2.06. The minimum atomic E-state index is -0.609. The van der Waals surface area contributed by atoms with Gasteiger partial charge in [0.15, 0.2) is 0 Å². The Morgan fingerprint density at radius 2 is 1.86 bits per heavy atom. The number of anilines is 1. The summed E-state index contributed by atoms with van der Waals surface area (Å²) in [6.07, 6.45) is 0. The van der Waals surface area contributed by atoms with Crippen molar-refractivity contribution in [3.8, 4) is 0 Å². The molecule has 3 amide bonds. The zero-order valence-electron chi connectivity index (χ0n) is 11.9. The molecule has 0 saturated carbocycles. The van der Waals surface area contributed by atoms with E-state index in [-0.39, 0.29) is 5.91 Å². The second-order valence-electron chi connectivity index (χ2n) is 4.70. The van der Waals surface area contributed by atoms with E-state index in [9.17, 15) is 9.59 Å². The minimum Gasteiger partial charge on any atom is -0.466 e. The van der Waals surface area contributed by atoms with E-state index >= 15 is 0 Å². The van der Waals surface area contributed by atoms with Crippen LogP contribution in [-0.2, 0) is 6.54 Å². The Morgan fingerprint density at radius 1 is 1.19 bits per heavy atom. The number of benzene rings is 1. The highest BCUT2D eigenvalue weighted by Gasteiger charge is 2.12. The molecular weight excluding hydrogens is 270 g/mol. The van der Waals surface area contributed by atoms with Crippen LogP contribution in [0.4, 0.5) is 10.5 Å². The molecule has 2 aromatic rings. The Hall–Kier alpha value is -2.76. The molecule has 4 N–H and O–H groups in total. The van der Waals surface area contributed by atoms with Crippen LogP contribution in [0.3, 0.4) is 0 Å². The SMILES string of the molecule is Cc1cc(C(=O)NCc2ccc(NC(N)=O)cc2)c(C)o1. The number of carbonyl (C=O) groups excluding carboxylic acids is 2.